The monoisotopic (exact) mass is 388 g/mol. The molecule has 0 radical (unpaired) electrons. The van der Waals surface area contributed by atoms with Crippen molar-refractivity contribution in [3.8, 4) is 11.5 Å². The minimum atomic E-state index is -0.320. The van der Waals surface area contributed by atoms with Crippen molar-refractivity contribution < 1.29 is 14.3 Å². The third-order valence-corrected chi connectivity index (χ3v) is 5.07. The summed E-state index contributed by atoms with van der Waals surface area (Å²) in [5.74, 6) is 1.73. The molecule has 2 aliphatic rings. The van der Waals surface area contributed by atoms with Crippen molar-refractivity contribution >= 4 is 23.1 Å². The Labute approximate surface area is 168 Å². The quantitative estimate of drug-likeness (QED) is 0.739. The standard InChI is InChI=1S/C22H20N4O3/c27-22(23-16-7-9-19-20(14-16)29-13-12-28-19)17-8-10-21(25-24-17)26-11-3-5-15-4-1-2-6-18(15)26/h1-2,4,6-10,14H,3,5,11-13H2,(H,23,27). The maximum absolute atomic E-state index is 12.6. The number of carbonyl (C=O) groups excluding carboxylic acids is 1. The van der Waals surface area contributed by atoms with Crippen molar-refractivity contribution in [1.82, 2.24) is 10.2 Å². The first-order valence-electron chi connectivity index (χ1n) is 9.68. The van der Waals surface area contributed by atoms with E-state index in [-0.39, 0.29) is 11.6 Å². The second-order valence-electron chi connectivity index (χ2n) is 6.97. The van der Waals surface area contributed by atoms with Gasteiger partial charge in [0.2, 0.25) is 0 Å². The van der Waals surface area contributed by atoms with Crippen LogP contribution in [-0.4, -0.2) is 35.9 Å². The zero-order valence-electron chi connectivity index (χ0n) is 15.8. The van der Waals surface area contributed by atoms with Crippen molar-refractivity contribution in [3.05, 3.63) is 65.9 Å². The van der Waals surface area contributed by atoms with Crippen LogP contribution in [0.4, 0.5) is 17.2 Å². The van der Waals surface area contributed by atoms with E-state index in [1.165, 1.54) is 5.56 Å². The molecule has 3 heterocycles. The lowest BCUT2D eigenvalue weighted by Crippen LogP contribution is -2.26. The molecule has 5 rings (SSSR count). The fourth-order valence-corrected chi connectivity index (χ4v) is 3.68. The molecule has 1 N–H and O–H groups in total. The van der Waals surface area contributed by atoms with Crippen LogP contribution >= 0.6 is 0 Å². The number of aryl methyl sites for hydroxylation is 1. The summed E-state index contributed by atoms with van der Waals surface area (Å²) in [6.07, 6.45) is 2.13. The summed E-state index contributed by atoms with van der Waals surface area (Å²) in [5.41, 5.74) is 3.34. The van der Waals surface area contributed by atoms with Crippen LogP contribution in [0.1, 0.15) is 22.5 Å². The molecule has 0 unspecified atom stereocenters. The normalized spacial score (nSPS) is 14.8. The molecule has 0 aliphatic carbocycles. The number of ether oxygens (including phenoxy) is 2. The Bertz CT molecular complexity index is 1050. The molecule has 0 saturated heterocycles. The highest BCUT2D eigenvalue weighted by molar-refractivity contribution is 6.03. The number of carbonyl (C=O) groups is 1. The van der Waals surface area contributed by atoms with Crippen LogP contribution in [0.25, 0.3) is 0 Å². The molecular weight excluding hydrogens is 368 g/mol. The van der Waals surface area contributed by atoms with Gasteiger partial charge in [-0.3, -0.25) is 4.79 Å². The Balaban J connectivity index is 1.32. The Morgan fingerprint density at radius 3 is 2.69 bits per heavy atom. The smallest absolute Gasteiger partial charge is 0.276 e. The van der Waals surface area contributed by atoms with Crippen LogP contribution in [0.5, 0.6) is 11.5 Å². The van der Waals surface area contributed by atoms with E-state index in [1.54, 1.807) is 24.3 Å². The first kappa shape index (κ1) is 17.5. The van der Waals surface area contributed by atoms with Crippen molar-refractivity contribution in [3.63, 3.8) is 0 Å². The third-order valence-electron chi connectivity index (χ3n) is 5.07. The predicted molar refractivity (Wildman–Crippen MR) is 109 cm³/mol. The second kappa shape index (κ2) is 7.43. The highest BCUT2D eigenvalue weighted by Crippen LogP contribution is 2.33. The van der Waals surface area contributed by atoms with Gasteiger partial charge in [-0.1, -0.05) is 18.2 Å². The summed E-state index contributed by atoms with van der Waals surface area (Å²) < 4.78 is 11.1. The van der Waals surface area contributed by atoms with Gasteiger partial charge in [-0.25, -0.2) is 0 Å². The average Bonchev–Trinajstić information content (AvgIpc) is 2.79. The van der Waals surface area contributed by atoms with Crippen LogP contribution in [0.15, 0.2) is 54.6 Å². The molecule has 0 bridgehead atoms. The molecule has 0 atom stereocenters. The molecule has 7 heteroatoms. The van der Waals surface area contributed by atoms with E-state index in [0.717, 1.165) is 30.9 Å². The summed E-state index contributed by atoms with van der Waals surface area (Å²) in [5, 5.41) is 11.3. The zero-order valence-corrected chi connectivity index (χ0v) is 15.8. The summed E-state index contributed by atoms with van der Waals surface area (Å²) in [6, 6.07) is 17.2. The van der Waals surface area contributed by atoms with Crippen LogP contribution in [0.2, 0.25) is 0 Å². The fourth-order valence-electron chi connectivity index (χ4n) is 3.68. The number of aromatic nitrogens is 2. The lowest BCUT2D eigenvalue weighted by molar-refractivity contribution is 0.102. The molecule has 1 amide bonds. The van der Waals surface area contributed by atoms with Gasteiger partial charge in [-0.15, -0.1) is 10.2 Å². The van der Waals surface area contributed by atoms with Gasteiger partial charge in [0.1, 0.15) is 13.2 Å². The molecule has 3 aromatic rings. The van der Waals surface area contributed by atoms with Crippen LogP contribution in [0, 0.1) is 0 Å². The highest BCUT2D eigenvalue weighted by Gasteiger charge is 2.20. The van der Waals surface area contributed by atoms with Gasteiger partial charge in [-0.2, -0.15) is 0 Å². The Morgan fingerprint density at radius 1 is 0.966 bits per heavy atom. The van der Waals surface area contributed by atoms with Gasteiger partial charge < -0.3 is 19.7 Å². The first-order chi connectivity index (χ1) is 14.3. The number of hydrogen-bond donors (Lipinski definition) is 1. The maximum Gasteiger partial charge on any atom is 0.276 e. The van der Waals surface area contributed by atoms with E-state index in [0.29, 0.717) is 30.4 Å². The summed E-state index contributed by atoms with van der Waals surface area (Å²) in [6.45, 7) is 1.91. The van der Waals surface area contributed by atoms with Gasteiger partial charge in [-0.05, 0) is 48.7 Å². The molecule has 0 spiro atoms. The maximum atomic E-state index is 12.6. The number of fused-ring (bicyclic) bond motifs is 2. The molecule has 0 fully saturated rings. The number of anilines is 3. The average molecular weight is 388 g/mol. The summed E-state index contributed by atoms with van der Waals surface area (Å²) >= 11 is 0. The topological polar surface area (TPSA) is 76.6 Å². The van der Waals surface area contributed by atoms with E-state index in [4.69, 9.17) is 9.47 Å². The van der Waals surface area contributed by atoms with Crippen molar-refractivity contribution in [2.24, 2.45) is 0 Å². The largest absolute Gasteiger partial charge is 0.486 e. The molecule has 7 nitrogen and oxygen atoms in total. The van der Waals surface area contributed by atoms with Crippen LogP contribution in [0.3, 0.4) is 0 Å². The summed E-state index contributed by atoms with van der Waals surface area (Å²) in [4.78, 5) is 14.7. The second-order valence-corrected chi connectivity index (χ2v) is 6.97. The van der Waals surface area contributed by atoms with Gasteiger partial charge >= 0.3 is 0 Å². The Hall–Kier alpha value is -3.61. The van der Waals surface area contributed by atoms with E-state index in [1.807, 2.05) is 12.1 Å². The van der Waals surface area contributed by atoms with Crippen LogP contribution < -0.4 is 19.7 Å². The molecule has 2 aromatic carbocycles. The number of nitrogens with one attached hydrogen (secondary N) is 1. The summed E-state index contributed by atoms with van der Waals surface area (Å²) in [7, 11) is 0. The Kier molecular flexibility index (Phi) is 4.48. The number of nitrogens with zero attached hydrogens (tertiary/aromatic N) is 3. The van der Waals surface area contributed by atoms with E-state index < -0.39 is 0 Å². The predicted octanol–water partition coefficient (Wildman–Crippen LogP) is 3.58. The molecule has 29 heavy (non-hydrogen) atoms. The molecule has 0 saturated carbocycles. The SMILES string of the molecule is O=C(Nc1ccc2c(c1)OCCO2)c1ccc(N2CCCc3ccccc32)nn1. The van der Waals surface area contributed by atoms with Gasteiger partial charge in [0.15, 0.2) is 23.0 Å². The number of benzene rings is 2. The molecule has 2 aliphatic heterocycles. The lowest BCUT2D eigenvalue weighted by Gasteiger charge is -2.29. The minimum absolute atomic E-state index is 0.258. The number of para-hydroxylation sites is 1. The Morgan fingerprint density at radius 2 is 1.83 bits per heavy atom. The van der Waals surface area contributed by atoms with Gasteiger partial charge in [0.05, 0.1) is 0 Å². The van der Waals surface area contributed by atoms with E-state index >= 15 is 0 Å². The highest BCUT2D eigenvalue weighted by atomic mass is 16.6. The van der Waals surface area contributed by atoms with Crippen molar-refractivity contribution in [2.45, 2.75) is 12.8 Å². The molecular formula is C22H20N4O3. The number of hydrogen-bond acceptors (Lipinski definition) is 6. The lowest BCUT2D eigenvalue weighted by atomic mass is 10.0. The first-order valence-corrected chi connectivity index (χ1v) is 9.68. The van der Waals surface area contributed by atoms with E-state index in [2.05, 4.69) is 38.6 Å². The van der Waals surface area contributed by atoms with Crippen LogP contribution in [-0.2, 0) is 6.42 Å². The van der Waals surface area contributed by atoms with Gasteiger partial charge in [0, 0.05) is 24.0 Å². The van der Waals surface area contributed by atoms with Gasteiger partial charge in [0.25, 0.3) is 5.91 Å². The van der Waals surface area contributed by atoms with Crippen molar-refractivity contribution in [2.75, 3.05) is 30.0 Å². The minimum Gasteiger partial charge on any atom is -0.486 e. The fraction of sp³-hybridized carbons (Fsp3) is 0.227. The van der Waals surface area contributed by atoms with Crippen molar-refractivity contribution in [1.29, 1.82) is 0 Å². The van der Waals surface area contributed by atoms with E-state index in [9.17, 15) is 4.79 Å². The number of amides is 1. The number of rotatable bonds is 3. The molecule has 146 valence electrons. The third kappa shape index (κ3) is 3.47. The molecule has 1 aromatic heterocycles. The zero-order chi connectivity index (χ0) is 19.6.